The third-order valence-corrected chi connectivity index (χ3v) is 3.00. The fraction of sp³-hybridized carbons (Fsp3) is 0.467. The Bertz CT molecular complexity index is 514. The molecule has 21 heavy (non-hydrogen) atoms. The number of nitrogen functional groups attached to an aromatic ring is 1. The second-order valence-electron chi connectivity index (χ2n) is 5.10. The lowest BCUT2D eigenvalue weighted by Gasteiger charge is -2.19. The number of amides is 1. The van der Waals surface area contributed by atoms with Gasteiger partial charge in [-0.25, -0.2) is 4.79 Å². The van der Waals surface area contributed by atoms with E-state index in [0.29, 0.717) is 17.9 Å². The second kappa shape index (κ2) is 7.52. The van der Waals surface area contributed by atoms with Crippen molar-refractivity contribution in [2.75, 3.05) is 20.0 Å². The fourth-order valence-corrected chi connectivity index (χ4v) is 2.02. The molecule has 0 radical (unpaired) electrons. The number of esters is 1. The van der Waals surface area contributed by atoms with E-state index in [1.54, 1.807) is 18.2 Å². The highest BCUT2D eigenvalue weighted by atomic mass is 16.5. The van der Waals surface area contributed by atoms with Crippen molar-refractivity contribution in [3.8, 4) is 5.75 Å². The Morgan fingerprint density at radius 1 is 1.29 bits per heavy atom. The molecule has 0 aliphatic carbocycles. The zero-order valence-electron chi connectivity index (χ0n) is 12.8. The molecule has 0 fully saturated rings. The van der Waals surface area contributed by atoms with Crippen molar-refractivity contribution in [1.82, 2.24) is 5.32 Å². The van der Waals surface area contributed by atoms with Crippen LogP contribution < -0.4 is 15.8 Å². The van der Waals surface area contributed by atoms with E-state index in [1.165, 1.54) is 14.2 Å². The summed E-state index contributed by atoms with van der Waals surface area (Å²) < 4.78 is 9.86. The summed E-state index contributed by atoms with van der Waals surface area (Å²) in [5.41, 5.74) is 6.34. The van der Waals surface area contributed by atoms with E-state index >= 15 is 0 Å². The van der Waals surface area contributed by atoms with Crippen LogP contribution in [-0.4, -0.2) is 32.1 Å². The Hall–Kier alpha value is -2.24. The van der Waals surface area contributed by atoms with Crippen LogP contribution in [0.3, 0.4) is 0 Å². The average molecular weight is 294 g/mol. The molecule has 0 saturated carbocycles. The minimum atomic E-state index is -0.716. The zero-order valence-corrected chi connectivity index (χ0v) is 12.8. The zero-order chi connectivity index (χ0) is 16.0. The Labute approximate surface area is 124 Å². The van der Waals surface area contributed by atoms with Crippen LogP contribution in [0.5, 0.6) is 5.75 Å². The van der Waals surface area contributed by atoms with E-state index in [9.17, 15) is 9.59 Å². The number of anilines is 1. The van der Waals surface area contributed by atoms with Crippen LogP contribution in [0.15, 0.2) is 18.2 Å². The van der Waals surface area contributed by atoms with E-state index in [0.717, 1.165) is 0 Å². The minimum Gasteiger partial charge on any atom is -0.496 e. The molecule has 1 amide bonds. The molecule has 1 aromatic rings. The smallest absolute Gasteiger partial charge is 0.328 e. The van der Waals surface area contributed by atoms with Crippen LogP contribution in [0.4, 0.5) is 5.69 Å². The number of hydrogen-bond donors (Lipinski definition) is 2. The van der Waals surface area contributed by atoms with Crippen molar-refractivity contribution in [1.29, 1.82) is 0 Å². The lowest BCUT2D eigenvalue weighted by Crippen LogP contribution is -2.42. The number of methoxy groups -OCH3 is 2. The number of hydrogen-bond acceptors (Lipinski definition) is 5. The Morgan fingerprint density at radius 3 is 2.48 bits per heavy atom. The summed E-state index contributed by atoms with van der Waals surface area (Å²) in [6.45, 7) is 3.92. The molecule has 3 N–H and O–H groups in total. The molecule has 6 nitrogen and oxygen atoms in total. The highest BCUT2D eigenvalue weighted by Crippen LogP contribution is 2.24. The van der Waals surface area contributed by atoms with Crippen molar-refractivity contribution in [2.24, 2.45) is 5.92 Å². The first-order valence-electron chi connectivity index (χ1n) is 6.71. The maximum Gasteiger partial charge on any atom is 0.328 e. The van der Waals surface area contributed by atoms with E-state index < -0.39 is 17.9 Å². The topological polar surface area (TPSA) is 90.7 Å². The Kier molecular flexibility index (Phi) is 6.02. The maximum atomic E-state index is 12.4. The Morgan fingerprint density at radius 2 is 1.95 bits per heavy atom. The molecule has 1 atom stereocenters. The van der Waals surface area contributed by atoms with Gasteiger partial charge < -0.3 is 20.5 Å². The van der Waals surface area contributed by atoms with Crippen LogP contribution >= 0.6 is 0 Å². The number of rotatable bonds is 6. The van der Waals surface area contributed by atoms with Gasteiger partial charge in [0.15, 0.2) is 0 Å². The van der Waals surface area contributed by atoms with Crippen molar-refractivity contribution < 1.29 is 19.1 Å². The van der Waals surface area contributed by atoms with Gasteiger partial charge in [0.1, 0.15) is 17.4 Å². The van der Waals surface area contributed by atoms with E-state index in [4.69, 9.17) is 15.2 Å². The molecular formula is C15H22N2O4. The molecule has 0 aromatic heterocycles. The molecule has 0 aliphatic rings. The van der Waals surface area contributed by atoms with Crippen molar-refractivity contribution >= 4 is 17.6 Å². The van der Waals surface area contributed by atoms with Gasteiger partial charge in [0, 0.05) is 5.69 Å². The third-order valence-electron chi connectivity index (χ3n) is 3.00. The van der Waals surface area contributed by atoms with Crippen LogP contribution in [-0.2, 0) is 9.53 Å². The fourth-order valence-electron chi connectivity index (χ4n) is 2.02. The van der Waals surface area contributed by atoms with Gasteiger partial charge in [0.2, 0.25) is 0 Å². The molecule has 6 heteroatoms. The summed E-state index contributed by atoms with van der Waals surface area (Å²) in [6.07, 6.45) is 0.480. The molecule has 0 bridgehead atoms. The summed E-state index contributed by atoms with van der Waals surface area (Å²) >= 11 is 0. The standard InChI is InChI=1S/C15H22N2O4/c1-9(2)8-11(15(19)21-4)17-14(18)13-10(16)6-5-7-12(13)20-3/h5-7,9,11H,8,16H2,1-4H3,(H,17,18). The van der Waals surface area contributed by atoms with E-state index in [1.807, 2.05) is 13.8 Å². The third kappa shape index (κ3) is 4.37. The van der Waals surface area contributed by atoms with Gasteiger partial charge in [-0.15, -0.1) is 0 Å². The quantitative estimate of drug-likeness (QED) is 0.614. The summed E-state index contributed by atoms with van der Waals surface area (Å²) in [5, 5.41) is 2.66. The van der Waals surface area contributed by atoms with Crippen LogP contribution in [0.25, 0.3) is 0 Å². The van der Waals surface area contributed by atoms with Gasteiger partial charge in [0.05, 0.1) is 14.2 Å². The second-order valence-corrected chi connectivity index (χ2v) is 5.10. The lowest BCUT2D eigenvalue weighted by atomic mass is 10.0. The maximum absolute atomic E-state index is 12.4. The van der Waals surface area contributed by atoms with Crippen molar-refractivity contribution in [3.63, 3.8) is 0 Å². The molecule has 1 rings (SSSR count). The number of carbonyl (C=O) groups is 2. The Balaban J connectivity index is 2.99. The van der Waals surface area contributed by atoms with Gasteiger partial charge in [-0.05, 0) is 24.5 Å². The summed E-state index contributed by atoms with van der Waals surface area (Å²) in [4.78, 5) is 24.1. The first kappa shape index (κ1) is 16.8. The number of carbonyl (C=O) groups excluding carboxylic acids is 2. The largest absolute Gasteiger partial charge is 0.496 e. The molecule has 116 valence electrons. The minimum absolute atomic E-state index is 0.220. The van der Waals surface area contributed by atoms with Gasteiger partial charge in [-0.2, -0.15) is 0 Å². The monoisotopic (exact) mass is 294 g/mol. The van der Waals surface area contributed by atoms with Gasteiger partial charge in [-0.1, -0.05) is 19.9 Å². The van der Waals surface area contributed by atoms with Gasteiger partial charge in [0.25, 0.3) is 5.91 Å². The summed E-state index contributed by atoms with van der Waals surface area (Å²) in [7, 11) is 2.75. The number of nitrogens with two attached hydrogens (primary N) is 1. The molecule has 0 saturated heterocycles. The highest BCUT2D eigenvalue weighted by molar-refractivity contribution is 6.03. The normalized spacial score (nSPS) is 11.9. The molecule has 0 spiro atoms. The van der Waals surface area contributed by atoms with Crippen LogP contribution in [0.2, 0.25) is 0 Å². The molecule has 1 unspecified atom stereocenters. The van der Waals surface area contributed by atoms with Crippen molar-refractivity contribution in [3.05, 3.63) is 23.8 Å². The SMILES string of the molecule is COC(=O)C(CC(C)C)NC(=O)c1c(N)cccc1OC. The predicted octanol–water partition coefficient (Wildman–Crippen LogP) is 1.59. The average Bonchev–Trinajstić information content (AvgIpc) is 2.44. The summed E-state index contributed by atoms with van der Waals surface area (Å²) in [6, 6.07) is 4.22. The van der Waals surface area contributed by atoms with E-state index in [2.05, 4.69) is 5.32 Å². The molecule has 1 aromatic carbocycles. The van der Waals surface area contributed by atoms with Crippen LogP contribution in [0.1, 0.15) is 30.6 Å². The molecule has 0 aliphatic heterocycles. The molecular weight excluding hydrogens is 272 g/mol. The number of benzene rings is 1. The van der Waals surface area contributed by atoms with Gasteiger partial charge in [-0.3, -0.25) is 4.79 Å². The lowest BCUT2D eigenvalue weighted by molar-refractivity contribution is -0.143. The number of ether oxygens (including phenoxy) is 2. The van der Waals surface area contributed by atoms with Crippen molar-refractivity contribution in [2.45, 2.75) is 26.3 Å². The number of nitrogens with one attached hydrogen (secondary N) is 1. The van der Waals surface area contributed by atoms with Crippen LogP contribution in [0, 0.1) is 5.92 Å². The highest BCUT2D eigenvalue weighted by Gasteiger charge is 2.25. The van der Waals surface area contributed by atoms with E-state index in [-0.39, 0.29) is 11.5 Å². The molecule has 0 heterocycles. The first-order valence-corrected chi connectivity index (χ1v) is 6.71. The predicted molar refractivity (Wildman–Crippen MR) is 80.1 cm³/mol. The first-order chi connectivity index (χ1) is 9.90. The van der Waals surface area contributed by atoms with Gasteiger partial charge >= 0.3 is 5.97 Å². The summed E-state index contributed by atoms with van der Waals surface area (Å²) in [5.74, 6) is -0.350.